The van der Waals surface area contributed by atoms with Crippen LogP contribution in [0.5, 0.6) is 0 Å². The van der Waals surface area contributed by atoms with E-state index >= 15 is 0 Å². The van der Waals surface area contributed by atoms with Crippen molar-refractivity contribution in [1.82, 2.24) is 14.7 Å². The number of anilines is 1. The molecular formula is C27H26F6N4O3. The van der Waals surface area contributed by atoms with Crippen LogP contribution in [0.4, 0.5) is 36.8 Å². The van der Waals surface area contributed by atoms with Crippen molar-refractivity contribution in [3.63, 3.8) is 0 Å². The fourth-order valence-corrected chi connectivity index (χ4v) is 4.96. The van der Waals surface area contributed by atoms with Crippen molar-refractivity contribution in [3.05, 3.63) is 77.6 Å². The fraction of sp³-hybridized carbons (Fsp3) is 0.370. The van der Waals surface area contributed by atoms with Crippen molar-refractivity contribution in [2.45, 2.75) is 43.5 Å². The third-order valence-corrected chi connectivity index (χ3v) is 6.92. The molecule has 4 rings (SSSR count). The van der Waals surface area contributed by atoms with Crippen LogP contribution in [0.2, 0.25) is 0 Å². The molecule has 1 atom stereocenters. The summed E-state index contributed by atoms with van der Waals surface area (Å²) in [6.07, 6.45) is -8.25. The van der Waals surface area contributed by atoms with E-state index in [1.807, 2.05) is 30.3 Å². The van der Waals surface area contributed by atoms with Crippen LogP contribution in [0.25, 0.3) is 5.69 Å². The Kier molecular flexibility index (Phi) is 8.13. The first-order valence-corrected chi connectivity index (χ1v) is 12.4. The predicted octanol–water partition coefficient (Wildman–Crippen LogP) is 6.43. The van der Waals surface area contributed by atoms with Crippen molar-refractivity contribution in [2.24, 2.45) is 0 Å². The first kappa shape index (κ1) is 29.0. The molecule has 0 bridgehead atoms. The number of carbonyl (C=O) groups is 2. The lowest BCUT2D eigenvalue weighted by atomic mass is 9.71. The highest BCUT2D eigenvalue weighted by Crippen LogP contribution is 2.39. The van der Waals surface area contributed by atoms with Gasteiger partial charge in [-0.3, -0.25) is 4.79 Å². The van der Waals surface area contributed by atoms with E-state index in [-0.39, 0.29) is 41.1 Å². The highest BCUT2D eigenvalue weighted by Gasteiger charge is 2.42. The summed E-state index contributed by atoms with van der Waals surface area (Å²) in [6, 6.07) is 13.9. The second-order valence-corrected chi connectivity index (χ2v) is 9.55. The van der Waals surface area contributed by atoms with Gasteiger partial charge in [-0.1, -0.05) is 36.4 Å². The zero-order valence-corrected chi connectivity index (χ0v) is 21.4. The Morgan fingerprint density at radius 1 is 1.00 bits per heavy atom. The number of hydrogen-bond acceptors (Lipinski definition) is 4. The van der Waals surface area contributed by atoms with Gasteiger partial charge in [-0.15, -0.1) is 0 Å². The Morgan fingerprint density at radius 3 is 2.38 bits per heavy atom. The number of urea groups is 1. The van der Waals surface area contributed by atoms with E-state index in [1.54, 1.807) is 4.90 Å². The lowest BCUT2D eigenvalue weighted by Gasteiger charge is -2.43. The number of nitrogens with one attached hydrogen (secondary N) is 1. The molecule has 0 aliphatic carbocycles. The lowest BCUT2D eigenvalue weighted by molar-refractivity contribution is -0.144. The van der Waals surface area contributed by atoms with E-state index in [2.05, 4.69) is 10.4 Å². The van der Waals surface area contributed by atoms with Crippen LogP contribution in [0, 0.1) is 0 Å². The normalized spacial score (nSPS) is 17.9. The molecule has 1 fully saturated rings. The van der Waals surface area contributed by atoms with E-state index in [1.165, 1.54) is 19.2 Å². The van der Waals surface area contributed by atoms with Crippen molar-refractivity contribution in [3.8, 4) is 5.69 Å². The van der Waals surface area contributed by atoms with Gasteiger partial charge in [-0.05, 0) is 43.0 Å². The molecule has 1 saturated heterocycles. The number of benzene rings is 2. The predicted molar refractivity (Wildman–Crippen MR) is 133 cm³/mol. The van der Waals surface area contributed by atoms with Crippen molar-refractivity contribution < 1.29 is 40.7 Å². The summed E-state index contributed by atoms with van der Waals surface area (Å²) >= 11 is 0. The van der Waals surface area contributed by atoms with Gasteiger partial charge in [0.1, 0.15) is 5.69 Å². The summed E-state index contributed by atoms with van der Waals surface area (Å²) in [5.74, 6) is -0.376. The summed E-state index contributed by atoms with van der Waals surface area (Å²) in [4.78, 5) is 26.7. The third-order valence-electron chi connectivity index (χ3n) is 6.92. The van der Waals surface area contributed by atoms with Crippen LogP contribution < -0.4 is 5.32 Å². The molecular weight excluding hydrogens is 542 g/mol. The van der Waals surface area contributed by atoms with Crippen LogP contribution in [0.3, 0.4) is 0 Å². The molecule has 0 spiro atoms. The maximum Gasteiger partial charge on any atom is 0.435 e. The number of piperidine rings is 1. The molecule has 3 aromatic rings. The third kappa shape index (κ3) is 6.40. The molecule has 1 aliphatic rings. The maximum absolute atomic E-state index is 13.5. The van der Waals surface area contributed by atoms with Crippen LogP contribution in [0.15, 0.2) is 60.7 Å². The molecule has 214 valence electrons. The van der Waals surface area contributed by atoms with E-state index < -0.39 is 35.2 Å². The van der Waals surface area contributed by atoms with Crippen molar-refractivity contribution >= 4 is 17.7 Å². The standard InChI is InChI=1S/C27H26F6N4O3/c1-40-23(38)11-13-25(18-7-3-2-4-8-18)12-6-14-36(17-25)24(39)34-19-9-5-10-20(15-19)37-22(27(31,32)33)16-21(35-37)26(28,29)30/h2-5,7-10,15-16H,6,11-14,17H2,1H3,(H,34,39). The number of nitrogens with zero attached hydrogens (tertiary/aromatic N) is 3. The number of esters is 1. The van der Waals surface area contributed by atoms with E-state index in [0.717, 1.165) is 17.7 Å². The quantitative estimate of drug-likeness (QED) is 0.275. The van der Waals surface area contributed by atoms with Crippen molar-refractivity contribution in [2.75, 3.05) is 25.5 Å². The second-order valence-electron chi connectivity index (χ2n) is 9.55. The van der Waals surface area contributed by atoms with E-state index in [9.17, 15) is 35.9 Å². The maximum atomic E-state index is 13.5. The summed E-state index contributed by atoms with van der Waals surface area (Å²) in [5, 5.41) is 5.77. The zero-order valence-electron chi connectivity index (χ0n) is 21.4. The molecule has 1 N–H and O–H groups in total. The number of halogens is 6. The Bertz CT molecular complexity index is 1360. The Balaban J connectivity index is 1.58. The Morgan fingerprint density at radius 2 is 1.73 bits per heavy atom. The average Bonchev–Trinajstić information content (AvgIpc) is 3.40. The molecule has 2 aromatic carbocycles. The number of ether oxygens (including phenoxy) is 1. The van der Waals surface area contributed by atoms with E-state index in [0.29, 0.717) is 25.8 Å². The van der Waals surface area contributed by atoms with Crippen molar-refractivity contribution in [1.29, 1.82) is 0 Å². The average molecular weight is 569 g/mol. The van der Waals surface area contributed by atoms with Gasteiger partial charge < -0.3 is 15.0 Å². The molecule has 0 saturated carbocycles. The first-order valence-electron chi connectivity index (χ1n) is 12.4. The minimum atomic E-state index is -5.10. The van der Waals surface area contributed by atoms with Gasteiger partial charge in [0.05, 0.1) is 12.8 Å². The molecule has 40 heavy (non-hydrogen) atoms. The highest BCUT2D eigenvalue weighted by atomic mass is 19.4. The molecule has 2 heterocycles. The van der Waals surface area contributed by atoms with Gasteiger partial charge in [0.15, 0.2) is 5.69 Å². The molecule has 0 radical (unpaired) electrons. The summed E-state index contributed by atoms with van der Waals surface area (Å²) < 4.78 is 84.8. The Labute approximate surface area is 225 Å². The number of amides is 2. The molecule has 1 aliphatic heterocycles. The number of hydrogen-bond donors (Lipinski definition) is 1. The number of methoxy groups -OCH3 is 1. The zero-order chi connectivity index (χ0) is 29.1. The number of alkyl halides is 6. The number of carbonyl (C=O) groups excluding carboxylic acids is 2. The number of likely N-dealkylation sites (tertiary alicyclic amines) is 1. The van der Waals surface area contributed by atoms with Gasteiger partial charge in [0, 0.05) is 36.7 Å². The van der Waals surface area contributed by atoms with Gasteiger partial charge in [0.25, 0.3) is 0 Å². The summed E-state index contributed by atoms with van der Waals surface area (Å²) in [6.45, 7) is 0.663. The van der Waals surface area contributed by atoms with Crippen LogP contribution in [-0.4, -0.2) is 46.9 Å². The summed E-state index contributed by atoms with van der Waals surface area (Å²) in [7, 11) is 1.30. The topological polar surface area (TPSA) is 76.5 Å². The van der Waals surface area contributed by atoms with Crippen LogP contribution >= 0.6 is 0 Å². The lowest BCUT2D eigenvalue weighted by Crippen LogP contribution is -2.50. The molecule has 7 nitrogen and oxygen atoms in total. The van der Waals surface area contributed by atoms with Gasteiger partial charge in [-0.25, -0.2) is 9.48 Å². The van der Waals surface area contributed by atoms with Gasteiger partial charge >= 0.3 is 24.4 Å². The molecule has 13 heteroatoms. The smallest absolute Gasteiger partial charge is 0.435 e. The molecule has 2 amide bonds. The minimum absolute atomic E-state index is 0.0590. The van der Waals surface area contributed by atoms with Gasteiger partial charge in [0.2, 0.25) is 0 Å². The van der Waals surface area contributed by atoms with E-state index in [4.69, 9.17) is 4.74 Å². The molecule has 1 unspecified atom stereocenters. The SMILES string of the molecule is COC(=O)CCC1(c2ccccc2)CCCN(C(=O)Nc2cccc(-n3nc(C(F)(F)F)cc3C(F)(F)F)c2)C1. The highest BCUT2D eigenvalue weighted by molar-refractivity contribution is 5.89. The first-order chi connectivity index (χ1) is 18.8. The Hall–Kier alpha value is -4.03. The van der Waals surface area contributed by atoms with Crippen LogP contribution in [0.1, 0.15) is 42.6 Å². The second kappa shape index (κ2) is 11.2. The minimum Gasteiger partial charge on any atom is -0.469 e. The number of aromatic nitrogens is 2. The van der Waals surface area contributed by atoms with Gasteiger partial charge in [-0.2, -0.15) is 31.4 Å². The molecule has 1 aromatic heterocycles. The van der Waals surface area contributed by atoms with Crippen LogP contribution in [-0.2, 0) is 27.3 Å². The largest absolute Gasteiger partial charge is 0.469 e. The fourth-order valence-electron chi connectivity index (χ4n) is 4.96. The number of rotatable bonds is 6. The monoisotopic (exact) mass is 568 g/mol. The summed E-state index contributed by atoms with van der Waals surface area (Å²) in [5.41, 5.74) is -3.10.